The summed E-state index contributed by atoms with van der Waals surface area (Å²) in [5, 5.41) is 3.58. The van der Waals surface area contributed by atoms with Gasteiger partial charge >= 0.3 is 0 Å². The molecule has 0 spiro atoms. The number of nitrogens with zero attached hydrogens (tertiary/aromatic N) is 1. The first-order valence-corrected chi connectivity index (χ1v) is 6.25. The van der Waals surface area contributed by atoms with E-state index in [0.29, 0.717) is 0 Å². The fraction of sp³-hybridized carbons (Fsp3) is 1.00. The summed E-state index contributed by atoms with van der Waals surface area (Å²) >= 11 is 0. The molecule has 2 fully saturated rings. The lowest BCUT2D eigenvalue weighted by Crippen LogP contribution is -2.32. The third-order valence-electron chi connectivity index (χ3n) is 3.94. The Morgan fingerprint density at radius 1 is 1.07 bits per heavy atom. The average molecular weight is 196 g/mol. The minimum atomic E-state index is 0.919. The fourth-order valence-corrected chi connectivity index (χ4v) is 3.03. The molecule has 1 heterocycles. The monoisotopic (exact) mass is 196 g/mol. The Labute approximate surface area is 88.1 Å². The van der Waals surface area contributed by atoms with Crippen LogP contribution in [-0.2, 0) is 0 Å². The van der Waals surface area contributed by atoms with Gasteiger partial charge in [-0.3, -0.25) is 0 Å². The Kier molecular flexibility index (Phi) is 3.82. The molecule has 1 aliphatic heterocycles. The van der Waals surface area contributed by atoms with Crippen LogP contribution in [-0.4, -0.2) is 38.1 Å². The Bertz CT molecular complexity index is 164. The van der Waals surface area contributed by atoms with Crippen molar-refractivity contribution in [3.05, 3.63) is 0 Å². The van der Waals surface area contributed by atoms with Gasteiger partial charge in [0, 0.05) is 19.6 Å². The lowest BCUT2D eigenvalue weighted by atomic mass is 9.80. The van der Waals surface area contributed by atoms with Gasteiger partial charge in [0.25, 0.3) is 0 Å². The van der Waals surface area contributed by atoms with Crippen LogP contribution >= 0.6 is 0 Å². The Hall–Kier alpha value is -0.0800. The number of likely N-dealkylation sites (N-methyl/N-ethyl adjacent to an activating group) is 1. The van der Waals surface area contributed by atoms with Crippen LogP contribution in [0.4, 0.5) is 0 Å². The van der Waals surface area contributed by atoms with Gasteiger partial charge in [-0.25, -0.2) is 0 Å². The molecule has 1 aliphatic carbocycles. The fourth-order valence-electron chi connectivity index (χ4n) is 3.03. The normalized spacial score (nSPS) is 32.8. The van der Waals surface area contributed by atoms with Crippen LogP contribution in [0.1, 0.15) is 32.1 Å². The van der Waals surface area contributed by atoms with E-state index in [-0.39, 0.29) is 0 Å². The van der Waals surface area contributed by atoms with Gasteiger partial charge in [-0.05, 0) is 25.4 Å². The zero-order valence-corrected chi connectivity index (χ0v) is 9.47. The van der Waals surface area contributed by atoms with E-state index >= 15 is 0 Å². The van der Waals surface area contributed by atoms with E-state index in [4.69, 9.17) is 0 Å². The molecular weight excluding hydrogens is 172 g/mol. The minimum Gasteiger partial charge on any atom is -0.315 e. The summed E-state index contributed by atoms with van der Waals surface area (Å²) in [6, 6.07) is 0. The van der Waals surface area contributed by atoms with Crippen LogP contribution in [0.15, 0.2) is 0 Å². The zero-order valence-electron chi connectivity index (χ0n) is 9.47. The third kappa shape index (κ3) is 2.71. The van der Waals surface area contributed by atoms with E-state index in [2.05, 4.69) is 17.3 Å². The number of nitrogens with one attached hydrogen (secondary N) is 1. The highest BCUT2D eigenvalue weighted by atomic mass is 15.1. The Morgan fingerprint density at radius 3 is 2.64 bits per heavy atom. The van der Waals surface area contributed by atoms with Gasteiger partial charge in [0.1, 0.15) is 0 Å². The molecular formula is C12H24N2. The van der Waals surface area contributed by atoms with E-state index < -0.39 is 0 Å². The maximum atomic E-state index is 3.58. The predicted octanol–water partition coefficient (Wildman–Crippen LogP) is 1.72. The van der Waals surface area contributed by atoms with Crippen molar-refractivity contribution >= 4 is 0 Å². The Balaban J connectivity index is 1.87. The molecule has 1 unspecified atom stereocenters. The lowest BCUT2D eigenvalue weighted by Gasteiger charge is -2.31. The van der Waals surface area contributed by atoms with Crippen LogP contribution in [0.2, 0.25) is 0 Å². The molecule has 2 aliphatic rings. The summed E-state index contributed by atoms with van der Waals surface area (Å²) < 4.78 is 0. The van der Waals surface area contributed by atoms with Gasteiger partial charge in [0.05, 0.1) is 0 Å². The van der Waals surface area contributed by atoms with Crippen LogP contribution in [0.25, 0.3) is 0 Å². The summed E-state index contributed by atoms with van der Waals surface area (Å²) in [5.74, 6) is 1.93. The molecule has 1 saturated heterocycles. The molecule has 0 radical (unpaired) electrons. The molecule has 1 N–H and O–H groups in total. The summed E-state index contributed by atoms with van der Waals surface area (Å²) in [6.45, 7) is 4.98. The van der Waals surface area contributed by atoms with Crippen molar-refractivity contribution in [3.63, 3.8) is 0 Å². The van der Waals surface area contributed by atoms with Gasteiger partial charge in [0.2, 0.25) is 0 Å². The second kappa shape index (κ2) is 5.13. The molecule has 82 valence electrons. The van der Waals surface area contributed by atoms with E-state index in [1.54, 1.807) is 0 Å². The van der Waals surface area contributed by atoms with E-state index in [9.17, 15) is 0 Å². The van der Waals surface area contributed by atoms with Crippen molar-refractivity contribution in [3.8, 4) is 0 Å². The largest absolute Gasteiger partial charge is 0.315 e. The van der Waals surface area contributed by atoms with Crippen molar-refractivity contribution < 1.29 is 0 Å². The molecule has 14 heavy (non-hydrogen) atoms. The van der Waals surface area contributed by atoms with Gasteiger partial charge in [-0.2, -0.15) is 0 Å². The maximum absolute atomic E-state index is 3.58. The van der Waals surface area contributed by atoms with E-state index in [0.717, 1.165) is 11.8 Å². The van der Waals surface area contributed by atoms with Crippen molar-refractivity contribution in [1.29, 1.82) is 0 Å². The molecule has 1 atom stereocenters. The van der Waals surface area contributed by atoms with E-state index in [1.807, 2.05) is 0 Å². The number of hydrogen-bond donors (Lipinski definition) is 1. The Morgan fingerprint density at radius 2 is 1.86 bits per heavy atom. The van der Waals surface area contributed by atoms with E-state index in [1.165, 1.54) is 58.3 Å². The maximum Gasteiger partial charge on any atom is 0.0104 e. The van der Waals surface area contributed by atoms with Crippen LogP contribution in [0, 0.1) is 11.8 Å². The topological polar surface area (TPSA) is 15.3 Å². The quantitative estimate of drug-likeness (QED) is 0.687. The lowest BCUT2D eigenvalue weighted by molar-refractivity contribution is 0.202. The van der Waals surface area contributed by atoms with Gasteiger partial charge in [-0.15, -0.1) is 0 Å². The molecule has 0 aromatic heterocycles. The second-order valence-corrected chi connectivity index (χ2v) is 5.12. The zero-order chi connectivity index (χ0) is 9.80. The molecule has 1 saturated carbocycles. The second-order valence-electron chi connectivity index (χ2n) is 5.12. The summed E-state index contributed by atoms with van der Waals surface area (Å²) in [5.41, 5.74) is 0. The molecule has 2 nitrogen and oxygen atoms in total. The molecule has 0 aromatic rings. The molecule has 0 aromatic carbocycles. The molecule has 2 rings (SSSR count). The highest BCUT2D eigenvalue weighted by Gasteiger charge is 2.25. The third-order valence-corrected chi connectivity index (χ3v) is 3.94. The van der Waals surface area contributed by atoms with Crippen molar-refractivity contribution in [2.45, 2.75) is 32.1 Å². The molecule has 2 heteroatoms. The first-order chi connectivity index (χ1) is 6.86. The van der Waals surface area contributed by atoms with Crippen molar-refractivity contribution in [2.75, 3.05) is 33.2 Å². The summed E-state index contributed by atoms with van der Waals surface area (Å²) in [4.78, 5) is 2.50. The molecule has 0 bridgehead atoms. The van der Waals surface area contributed by atoms with Crippen molar-refractivity contribution in [2.24, 2.45) is 11.8 Å². The van der Waals surface area contributed by atoms with Crippen LogP contribution in [0.5, 0.6) is 0 Å². The number of rotatable bonds is 1. The van der Waals surface area contributed by atoms with Gasteiger partial charge in [0.15, 0.2) is 0 Å². The number of hydrogen-bond acceptors (Lipinski definition) is 2. The molecule has 0 amide bonds. The first-order valence-electron chi connectivity index (χ1n) is 6.25. The SMILES string of the molecule is CN1CCNCC(C2CCCCC2)C1. The highest BCUT2D eigenvalue weighted by molar-refractivity contribution is 4.80. The average Bonchev–Trinajstić information content (AvgIpc) is 2.44. The smallest absolute Gasteiger partial charge is 0.0104 e. The van der Waals surface area contributed by atoms with Crippen molar-refractivity contribution in [1.82, 2.24) is 10.2 Å². The highest BCUT2D eigenvalue weighted by Crippen LogP contribution is 2.30. The predicted molar refractivity (Wildman–Crippen MR) is 60.4 cm³/mol. The van der Waals surface area contributed by atoms with Gasteiger partial charge in [-0.1, -0.05) is 32.1 Å². The summed E-state index contributed by atoms with van der Waals surface area (Å²) in [7, 11) is 2.27. The van der Waals surface area contributed by atoms with Crippen LogP contribution in [0.3, 0.4) is 0 Å². The minimum absolute atomic E-state index is 0.919. The summed E-state index contributed by atoms with van der Waals surface area (Å²) in [6.07, 6.45) is 7.41. The standard InChI is InChI=1S/C12H24N2/c1-14-8-7-13-9-12(10-14)11-5-3-2-4-6-11/h11-13H,2-10H2,1H3. The first kappa shape index (κ1) is 10.4. The van der Waals surface area contributed by atoms with Gasteiger partial charge < -0.3 is 10.2 Å². The van der Waals surface area contributed by atoms with Crippen LogP contribution < -0.4 is 5.32 Å².